The molecule has 1 aromatic heterocycles. The van der Waals surface area contributed by atoms with Crippen molar-refractivity contribution in [2.45, 2.75) is 20.8 Å². The van der Waals surface area contributed by atoms with Gasteiger partial charge in [0.1, 0.15) is 0 Å². The molecule has 0 spiro atoms. The van der Waals surface area contributed by atoms with Crippen LogP contribution in [0.4, 0.5) is 5.69 Å². The van der Waals surface area contributed by atoms with Crippen LogP contribution in [0, 0.1) is 20.8 Å². The first kappa shape index (κ1) is 13.2. The highest BCUT2D eigenvalue weighted by atomic mass is 79.9. The summed E-state index contributed by atoms with van der Waals surface area (Å²) >= 11 is 3.53. The van der Waals surface area contributed by atoms with Crippen molar-refractivity contribution < 1.29 is 4.79 Å². The van der Waals surface area contributed by atoms with Gasteiger partial charge in [-0.2, -0.15) is 0 Å². The van der Waals surface area contributed by atoms with Gasteiger partial charge in [0.05, 0.1) is 5.57 Å². The van der Waals surface area contributed by atoms with Gasteiger partial charge in [-0.3, -0.25) is 4.79 Å². The summed E-state index contributed by atoms with van der Waals surface area (Å²) in [7, 11) is 0. The highest BCUT2D eigenvalue weighted by Crippen LogP contribution is 2.38. The molecule has 0 unspecified atom stereocenters. The number of H-pyrrole nitrogens is 1. The number of hydrogen-bond acceptors (Lipinski definition) is 1. The Labute approximate surface area is 126 Å². The molecule has 2 heterocycles. The highest BCUT2D eigenvalue weighted by Gasteiger charge is 2.26. The van der Waals surface area contributed by atoms with Crippen LogP contribution in [0.3, 0.4) is 0 Å². The summed E-state index contributed by atoms with van der Waals surface area (Å²) in [6, 6.07) is 5.97. The zero-order chi connectivity index (χ0) is 14.4. The molecule has 2 N–H and O–H groups in total. The molecular formula is C16H15BrN2O. The number of rotatable bonds is 1. The highest BCUT2D eigenvalue weighted by molar-refractivity contribution is 9.10. The molecule has 0 fully saturated rings. The quantitative estimate of drug-likeness (QED) is 0.756. The Morgan fingerprint density at radius 2 is 1.95 bits per heavy atom. The minimum absolute atomic E-state index is 0.0483. The molecule has 1 amide bonds. The number of carbonyl (C=O) groups is 1. The van der Waals surface area contributed by atoms with E-state index in [1.165, 1.54) is 0 Å². The van der Waals surface area contributed by atoms with E-state index in [9.17, 15) is 4.79 Å². The van der Waals surface area contributed by atoms with Crippen LogP contribution < -0.4 is 5.32 Å². The van der Waals surface area contributed by atoms with Crippen molar-refractivity contribution in [1.29, 1.82) is 0 Å². The van der Waals surface area contributed by atoms with Crippen LogP contribution in [0.2, 0.25) is 0 Å². The predicted molar refractivity (Wildman–Crippen MR) is 85.6 cm³/mol. The molecule has 3 rings (SSSR count). The number of aromatic amines is 1. The van der Waals surface area contributed by atoms with E-state index in [1.807, 2.05) is 39.0 Å². The maximum atomic E-state index is 12.2. The summed E-state index contributed by atoms with van der Waals surface area (Å²) in [5.41, 5.74) is 6.87. The monoisotopic (exact) mass is 330 g/mol. The number of amides is 1. The molecule has 1 aromatic carbocycles. The van der Waals surface area contributed by atoms with E-state index in [-0.39, 0.29) is 5.91 Å². The molecule has 0 radical (unpaired) electrons. The zero-order valence-electron chi connectivity index (χ0n) is 11.6. The third kappa shape index (κ3) is 2.00. The fourth-order valence-electron chi connectivity index (χ4n) is 2.62. The zero-order valence-corrected chi connectivity index (χ0v) is 13.2. The molecule has 2 aromatic rings. The minimum Gasteiger partial charge on any atom is -0.359 e. The Morgan fingerprint density at radius 1 is 1.20 bits per heavy atom. The number of hydrogen-bond donors (Lipinski definition) is 2. The number of halogens is 1. The van der Waals surface area contributed by atoms with Gasteiger partial charge >= 0.3 is 0 Å². The van der Waals surface area contributed by atoms with E-state index >= 15 is 0 Å². The van der Waals surface area contributed by atoms with Crippen molar-refractivity contribution in [2.75, 3.05) is 5.32 Å². The van der Waals surface area contributed by atoms with Crippen LogP contribution in [-0.2, 0) is 4.79 Å². The topological polar surface area (TPSA) is 44.9 Å². The van der Waals surface area contributed by atoms with Crippen molar-refractivity contribution in [3.05, 3.63) is 50.8 Å². The van der Waals surface area contributed by atoms with Gasteiger partial charge < -0.3 is 10.3 Å². The lowest BCUT2D eigenvalue weighted by Crippen LogP contribution is -2.03. The maximum absolute atomic E-state index is 12.2. The number of aryl methyl sites for hydroxylation is 2. The molecule has 4 heteroatoms. The first-order valence-electron chi connectivity index (χ1n) is 6.46. The Hall–Kier alpha value is -1.81. The molecule has 1 aliphatic rings. The lowest BCUT2D eigenvalue weighted by Gasteiger charge is -2.05. The van der Waals surface area contributed by atoms with Gasteiger partial charge in [0.2, 0.25) is 0 Å². The summed E-state index contributed by atoms with van der Waals surface area (Å²) in [5.74, 6) is -0.0483. The average Bonchev–Trinajstić information content (AvgIpc) is 2.86. The molecule has 20 heavy (non-hydrogen) atoms. The fraction of sp³-hybridized carbons (Fsp3) is 0.188. The third-order valence-electron chi connectivity index (χ3n) is 3.64. The van der Waals surface area contributed by atoms with Crippen molar-refractivity contribution >= 4 is 39.2 Å². The number of anilines is 1. The summed E-state index contributed by atoms with van der Waals surface area (Å²) in [6.07, 6.45) is 1.93. The van der Waals surface area contributed by atoms with Crippen LogP contribution >= 0.6 is 15.9 Å². The molecule has 0 bridgehead atoms. The van der Waals surface area contributed by atoms with E-state index in [0.717, 1.165) is 38.2 Å². The SMILES string of the molecule is Cc1cc(C)c(C=C2C(=O)Nc3ccc(Br)c(C)c32)[nH]1. The molecule has 102 valence electrons. The third-order valence-corrected chi connectivity index (χ3v) is 4.50. The lowest BCUT2D eigenvalue weighted by atomic mass is 10.0. The Balaban J connectivity index is 2.20. The first-order valence-corrected chi connectivity index (χ1v) is 7.25. The largest absolute Gasteiger partial charge is 0.359 e. The van der Waals surface area contributed by atoms with Gasteiger partial charge in [-0.25, -0.2) is 0 Å². The van der Waals surface area contributed by atoms with Crippen molar-refractivity contribution in [3.63, 3.8) is 0 Å². The molecule has 1 aliphatic heterocycles. The van der Waals surface area contributed by atoms with Crippen molar-refractivity contribution in [1.82, 2.24) is 4.98 Å². The molecule has 3 nitrogen and oxygen atoms in total. The Kier molecular flexibility index (Phi) is 3.05. The van der Waals surface area contributed by atoms with Crippen LogP contribution in [0.1, 0.15) is 28.1 Å². The van der Waals surface area contributed by atoms with Crippen LogP contribution in [0.25, 0.3) is 11.6 Å². The van der Waals surface area contributed by atoms with Gasteiger partial charge in [-0.15, -0.1) is 0 Å². The van der Waals surface area contributed by atoms with E-state index in [4.69, 9.17) is 0 Å². The van der Waals surface area contributed by atoms with Gasteiger partial charge in [-0.1, -0.05) is 15.9 Å². The molecule has 0 saturated heterocycles. The first-order chi connectivity index (χ1) is 9.47. The van der Waals surface area contributed by atoms with E-state index in [2.05, 4.69) is 32.3 Å². The van der Waals surface area contributed by atoms with Gasteiger partial charge in [0.25, 0.3) is 5.91 Å². The summed E-state index contributed by atoms with van der Waals surface area (Å²) < 4.78 is 1.01. The fourth-order valence-corrected chi connectivity index (χ4v) is 2.95. The summed E-state index contributed by atoms with van der Waals surface area (Å²) in [6.45, 7) is 6.07. The van der Waals surface area contributed by atoms with E-state index in [0.29, 0.717) is 5.57 Å². The lowest BCUT2D eigenvalue weighted by molar-refractivity contribution is -0.110. The van der Waals surface area contributed by atoms with Gasteiger partial charge in [0.15, 0.2) is 0 Å². The Bertz CT molecular complexity index is 756. The minimum atomic E-state index is -0.0483. The van der Waals surface area contributed by atoms with E-state index in [1.54, 1.807) is 0 Å². The standard InChI is InChI=1S/C16H15BrN2O/c1-8-6-9(2)18-14(8)7-11-15-10(3)12(17)4-5-13(15)19-16(11)20/h4-7,18H,1-3H3,(H,19,20). The maximum Gasteiger partial charge on any atom is 0.256 e. The molecule has 0 aliphatic carbocycles. The average molecular weight is 331 g/mol. The molecular weight excluding hydrogens is 316 g/mol. The second-order valence-electron chi connectivity index (χ2n) is 5.16. The molecule has 0 saturated carbocycles. The second kappa shape index (κ2) is 4.63. The van der Waals surface area contributed by atoms with Gasteiger partial charge in [-0.05, 0) is 56.2 Å². The summed E-state index contributed by atoms with van der Waals surface area (Å²) in [4.78, 5) is 15.5. The predicted octanol–water partition coefficient (Wildman–Crippen LogP) is 4.20. The summed E-state index contributed by atoms with van der Waals surface area (Å²) in [5, 5.41) is 2.92. The van der Waals surface area contributed by atoms with Crippen LogP contribution in [0.5, 0.6) is 0 Å². The number of fused-ring (bicyclic) bond motifs is 1. The van der Waals surface area contributed by atoms with Gasteiger partial charge in [0, 0.05) is 27.1 Å². The van der Waals surface area contributed by atoms with Crippen LogP contribution in [-0.4, -0.2) is 10.9 Å². The number of carbonyl (C=O) groups excluding carboxylic acids is 1. The van der Waals surface area contributed by atoms with Crippen molar-refractivity contribution in [3.8, 4) is 0 Å². The molecule has 0 atom stereocenters. The van der Waals surface area contributed by atoms with Crippen LogP contribution in [0.15, 0.2) is 22.7 Å². The Morgan fingerprint density at radius 3 is 2.60 bits per heavy atom. The number of benzene rings is 1. The van der Waals surface area contributed by atoms with E-state index < -0.39 is 0 Å². The number of nitrogens with one attached hydrogen (secondary N) is 2. The number of aromatic nitrogens is 1. The second-order valence-corrected chi connectivity index (χ2v) is 6.01. The normalized spacial score (nSPS) is 15.6. The van der Waals surface area contributed by atoms with Crippen molar-refractivity contribution in [2.24, 2.45) is 0 Å². The smallest absolute Gasteiger partial charge is 0.256 e.